The number of hydrogen-bond acceptors (Lipinski definition) is 4. The maximum atomic E-state index is 13.5. The number of halogens is 2. The molecule has 0 saturated heterocycles. The van der Waals surface area contributed by atoms with E-state index < -0.39 is 29.2 Å². The molecule has 1 unspecified atom stereocenters. The van der Waals surface area contributed by atoms with E-state index in [1.165, 1.54) is 12.1 Å². The number of aliphatic hydroxyl groups excluding tert-OH is 1. The van der Waals surface area contributed by atoms with Gasteiger partial charge in [0.15, 0.2) is 0 Å². The first-order valence-electron chi connectivity index (χ1n) is 5.92. The highest BCUT2D eigenvalue weighted by atomic mass is 32.1. The summed E-state index contributed by atoms with van der Waals surface area (Å²) in [5, 5.41) is 22.5. The number of thiophene rings is 1. The van der Waals surface area contributed by atoms with Gasteiger partial charge in [0.2, 0.25) is 0 Å². The van der Waals surface area contributed by atoms with Crippen LogP contribution in [0.5, 0.6) is 0 Å². The SMILES string of the molecule is N#Cc1ccsc1C(=O)NCC(O)c1c(F)cccc1F. The Balaban J connectivity index is 2.07. The van der Waals surface area contributed by atoms with Crippen molar-refractivity contribution in [3.8, 4) is 6.07 Å². The van der Waals surface area contributed by atoms with Gasteiger partial charge in [-0.25, -0.2) is 8.78 Å². The van der Waals surface area contributed by atoms with Gasteiger partial charge in [0.05, 0.1) is 11.1 Å². The summed E-state index contributed by atoms with van der Waals surface area (Å²) in [5.74, 6) is -2.34. The second-order valence-corrected chi connectivity index (χ2v) is 5.05. The lowest BCUT2D eigenvalue weighted by molar-refractivity contribution is 0.0915. The van der Waals surface area contributed by atoms with E-state index in [1.807, 2.05) is 6.07 Å². The van der Waals surface area contributed by atoms with Crippen molar-refractivity contribution in [2.75, 3.05) is 6.54 Å². The quantitative estimate of drug-likeness (QED) is 0.910. The summed E-state index contributed by atoms with van der Waals surface area (Å²) < 4.78 is 26.9. The van der Waals surface area contributed by atoms with Gasteiger partial charge >= 0.3 is 0 Å². The Kier molecular flexibility index (Phi) is 4.62. The summed E-state index contributed by atoms with van der Waals surface area (Å²) in [5.41, 5.74) is -0.284. The number of carbonyl (C=O) groups excluding carboxylic acids is 1. The van der Waals surface area contributed by atoms with Gasteiger partial charge in [0.1, 0.15) is 28.7 Å². The zero-order chi connectivity index (χ0) is 15.4. The van der Waals surface area contributed by atoms with Crippen molar-refractivity contribution in [3.05, 3.63) is 57.3 Å². The monoisotopic (exact) mass is 308 g/mol. The molecule has 1 atom stereocenters. The molecule has 7 heteroatoms. The molecular weight excluding hydrogens is 298 g/mol. The first-order chi connectivity index (χ1) is 10.0. The Morgan fingerprint density at radius 3 is 2.67 bits per heavy atom. The predicted molar refractivity (Wildman–Crippen MR) is 72.7 cm³/mol. The number of rotatable bonds is 4. The van der Waals surface area contributed by atoms with Crippen LogP contribution in [0.4, 0.5) is 8.78 Å². The van der Waals surface area contributed by atoms with Crippen LogP contribution in [-0.4, -0.2) is 17.6 Å². The van der Waals surface area contributed by atoms with E-state index in [2.05, 4.69) is 5.32 Å². The Hall–Kier alpha value is -2.30. The van der Waals surface area contributed by atoms with Crippen molar-refractivity contribution in [2.24, 2.45) is 0 Å². The van der Waals surface area contributed by atoms with Crippen molar-refractivity contribution >= 4 is 17.2 Å². The highest BCUT2D eigenvalue weighted by Gasteiger charge is 2.20. The van der Waals surface area contributed by atoms with Crippen molar-refractivity contribution in [2.45, 2.75) is 6.10 Å². The number of nitriles is 1. The van der Waals surface area contributed by atoms with Crippen LogP contribution in [0.3, 0.4) is 0 Å². The van der Waals surface area contributed by atoms with Crippen LogP contribution in [0.15, 0.2) is 29.6 Å². The second kappa shape index (κ2) is 6.43. The summed E-state index contributed by atoms with van der Waals surface area (Å²) in [6, 6.07) is 6.59. The van der Waals surface area contributed by atoms with Crippen LogP contribution in [0, 0.1) is 23.0 Å². The van der Waals surface area contributed by atoms with Crippen molar-refractivity contribution in [3.63, 3.8) is 0 Å². The fourth-order valence-electron chi connectivity index (χ4n) is 1.77. The molecule has 0 spiro atoms. The average Bonchev–Trinajstić information content (AvgIpc) is 2.93. The summed E-state index contributed by atoms with van der Waals surface area (Å²) in [4.78, 5) is 12.0. The van der Waals surface area contributed by atoms with Gasteiger partial charge in [-0.3, -0.25) is 4.79 Å². The van der Waals surface area contributed by atoms with E-state index >= 15 is 0 Å². The lowest BCUT2D eigenvalue weighted by Crippen LogP contribution is -2.29. The van der Waals surface area contributed by atoms with E-state index in [1.54, 1.807) is 5.38 Å². The maximum absolute atomic E-state index is 13.5. The summed E-state index contributed by atoms with van der Waals surface area (Å²) in [7, 11) is 0. The molecule has 1 amide bonds. The Morgan fingerprint density at radius 1 is 1.38 bits per heavy atom. The van der Waals surface area contributed by atoms with Crippen molar-refractivity contribution in [1.29, 1.82) is 5.26 Å². The second-order valence-electron chi connectivity index (χ2n) is 4.14. The lowest BCUT2D eigenvalue weighted by atomic mass is 10.1. The van der Waals surface area contributed by atoms with Gasteiger partial charge in [-0.05, 0) is 23.6 Å². The number of nitrogens with one attached hydrogen (secondary N) is 1. The first-order valence-corrected chi connectivity index (χ1v) is 6.80. The molecule has 4 nitrogen and oxygen atoms in total. The molecule has 0 saturated carbocycles. The van der Waals surface area contributed by atoms with E-state index in [4.69, 9.17) is 5.26 Å². The number of amides is 1. The molecule has 1 aromatic heterocycles. The molecule has 0 aliphatic carbocycles. The number of carbonyl (C=O) groups is 1. The number of nitrogens with zero attached hydrogens (tertiary/aromatic N) is 1. The first kappa shape index (κ1) is 15.1. The van der Waals surface area contributed by atoms with E-state index in [9.17, 15) is 18.7 Å². The molecule has 0 aliphatic rings. The third-order valence-corrected chi connectivity index (χ3v) is 3.69. The van der Waals surface area contributed by atoms with E-state index in [0.29, 0.717) is 0 Å². The van der Waals surface area contributed by atoms with E-state index in [0.717, 1.165) is 23.5 Å². The molecule has 1 heterocycles. The molecule has 2 rings (SSSR count). The minimum absolute atomic E-state index is 0.193. The fraction of sp³-hybridized carbons (Fsp3) is 0.143. The Bertz CT molecular complexity index is 689. The van der Waals surface area contributed by atoms with Crippen LogP contribution in [0.25, 0.3) is 0 Å². The molecule has 2 aromatic rings. The van der Waals surface area contributed by atoms with Gasteiger partial charge in [0.25, 0.3) is 5.91 Å². The van der Waals surface area contributed by atoms with Crippen LogP contribution in [0.1, 0.15) is 26.9 Å². The molecule has 21 heavy (non-hydrogen) atoms. The largest absolute Gasteiger partial charge is 0.386 e. The normalized spacial score (nSPS) is 11.7. The van der Waals surface area contributed by atoms with Crippen LogP contribution >= 0.6 is 11.3 Å². The third-order valence-electron chi connectivity index (χ3n) is 2.78. The number of hydrogen-bond donors (Lipinski definition) is 2. The lowest BCUT2D eigenvalue weighted by Gasteiger charge is -2.13. The molecule has 0 radical (unpaired) electrons. The molecule has 0 fully saturated rings. The Labute approximate surface area is 123 Å². The molecule has 1 aromatic carbocycles. The van der Waals surface area contributed by atoms with E-state index in [-0.39, 0.29) is 17.0 Å². The smallest absolute Gasteiger partial charge is 0.262 e. The van der Waals surface area contributed by atoms with Crippen LogP contribution < -0.4 is 5.32 Å². The molecule has 2 N–H and O–H groups in total. The molecule has 0 bridgehead atoms. The minimum Gasteiger partial charge on any atom is -0.386 e. The molecular formula is C14H10F2N2O2S. The summed E-state index contributed by atoms with van der Waals surface area (Å²) >= 11 is 1.07. The standard InChI is InChI=1S/C14H10F2N2O2S/c15-9-2-1-3-10(16)12(9)11(19)7-18-14(20)13-8(6-17)4-5-21-13/h1-5,11,19H,7H2,(H,18,20). The van der Waals surface area contributed by atoms with Gasteiger partial charge in [-0.15, -0.1) is 11.3 Å². The van der Waals surface area contributed by atoms with Gasteiger partial charge in [-0.1, -0.05) is 6.07 Å². The van der Waals surface area contributed by atoms with Crippen LogP contribution in [0.2, 0.25) is 0 Å². The topological polar surface area (TPSA) is 73.1 Å². The highest BCUT2D eigenvalue weighted by molar-refractivity contribution is 7.12. The summed E-state index contributed by atoms with van der Waals surface area (Å²) in [6.07, 6.45) is -1.51. The number of benzene rings is 1. The van der Waals surface area contributed by atoms with Crippen LogP contribution in [-0.2, 0) is 0 Å². The Morgan fingerprint density at radius 2 is 2.05 bits per heavy atom. The predicted octanol–water partition coefficient (Wildman–Crippen LogP) is 2.36. The summed E-state index contributed by atoms with van der Waals surface area (Å²) in [6.45, 7) is -0.362. The van der Waals surface area contributed by atoms with Gasteiger partial charge in [-0.2, -0.15) is 5.26 Å². The number of aliphatic hydroxyl groups is 1. The fourth-order valence-corrected chi connectivity index (χ4v) is 2.53. The van der Waals surface area contributed by atoms with Crippen molar-refractivity contribution in [1.82, 2.24) is 5.32 Å². The minimum atomic E-state index is -1.51. The molecule has 108 valence electrons. The third kappa shape index (κ3) is 3.24. The average molecular weight is 308 g/mol. The zero-order valence-electron chi connectivity index (χ0n) is 10.6. The molecule has 0 aliphatic heterocycles. The van der Waals surface area contributed by atoms with Crippen molar-refractivity contribution < 1.29 is 18.7 Å². The zero-order valence-corrected chi connectivity index (χ0v) is 11.5. The van der Waals surface area contributed by atoms with Gasteiger partial charge in [0, 0.05) is 6.54 Å². The van der Waals surface area contributed by atoms with Gasteiger partial charge < -0.3 is 10.4 Å². The maximum Gasteiger partial charge on any atom is 0.262 e. The highest BCUT2D eigenvalue weighted by Crippen LogP contribution is 2.20.